The quantitative estimate of drug-likeness (QED) is 0.293. The van der Waals surface area contributed by atoms with Gasteiger partial charge in [-0.05, 0) is 0 Å². The van der Waals surface area contributed by atoms with Gasteiger partial charge in [-0.3, -0.25) is 0 Å². The molecule has 0 aliphatic heterocycles. The molecule has 0 atom stereocenters. The van der Waals surface area contributed by atoms with Gasteiger partial charge in [0.25, 0.3) is 0 Å². The molecule has 0 heterocycles. The van der Waals surface area contributed by atoms with E-state index in [2.05, 4.69) is 0 Å². The van der Waals surface area contributed by atoms with Crippen LogP contribution < -0.4 is 0 Å². The third-order valence-corrected chi connectivity index (χ3v) is 0. The first-order chi connectivity index (χ1) is 0. The third kappa shape index (κ3) is 44.6. The Morgan fingerprint density at radius 2 is 0.429 bits per heavy atom. The second-order valence-corrected chi connectivity index (χ2v) is 0. The van der Waals surface area contributed by atoms with Gasteiger partial charge < -0.3 is 32.1 Å². The zero-order chi connectivity index (χ0) is 0. The maximum atomic E-state index is 0. The number of rotatable bonds is 0. The van der Waals surface area contributed by atoms with E-state index >= 15 is 0 Å². The van der Waals surface area contributed by atoms with Crippen LogP contribution in [0, 0.1) is 0 Å². The summed E-state index contributed by atoms with van der Waals surface area (Å²) >= 11 is 0. The summed E-state index contributed by atoms with van der Waals surface area (Å²) in [6, 6.07) is 0. The Kier molecular flexibility index (Phi) is 655. The molecule has 0 aliphatic rings. The first-order valence-corrected chi connectivity index (χ1v) is 0. The van der Waals surface area contributed by atoms with Crippen LogP contribution in [0.25, 0.3) is 12.3 Å². The summed E-state index contributed by atoms with van der Waals surface area (Å²) in [6.45, 7) is 0. The molecular formula is Hf3N2P2. The Hall–Kier alpha value is 3.39. The molecule has 0 saturated carbocycles. The van der Waals surface area contributed by atoms with E-state index in [9.17, 15) is 0 Å². The zero-order valence-corrected chi connectivity index (χ0v) is 15.9. The molecule has 0 amide bonds. The molecule has 0 unspecified atom stereocenters. The van der Waals surface area contributed by atoms with Gasteiger partial charge >= 0.3 is 77.5 Å². The molecule has 0 saturated heterocycles. The van der Waals surface area contributed by atoms with Crippen LogP contribution in [0.2, 0.25) is 0 Å². The molecule has 0 spiro atoms. The van der Waals surface area contributed by atoms with Crippen molar-refractivity contribution in [2.24, 2.45) is 0 Å². The monoisotopic (exact) mass is 630 g/mol. The van der Waals surface area contributed by atoms with E-state index in [0.717, 1.165) is 0 Å². The molecule has 0 N–H and O–H groups in total. The predicted octanol–water partition coefficient (Wildman–Crippen LogP) is 2.29. The maximum absolute atomic E-state index is 0. The maximum Gasteiger partial charge on any atom is 4.00 e. The number of nitrogens with zero attached hydrogens (tertiary/aromatic N) is 2. The van der Waals surface area contributed by atoms with E-state index in [1.54, 1.807) is 0 Å². The third-order valence-electron chi connectivity index (χ3n) is 0. The number of hydrogen-bond acceptors (Lipinski definition) is 0. The summed E-state index contributed by atoms with van der Waals surface area (Å²) in [5.74, 6) is 0. The van der Waals surface area contributed by atoms with Gasteiger partial charge in [-0.1, -0.05) is 0 Å². The van der Waals surface area contributed by atoms with E-state index < -0.39 is 0 Å². The predicted molar refractivity (Wildman–Crippen MR) is 20.6 cm³/mol. The molecule has 2 nitrogen and oxygen atoms in total. The average Bonchev–Trinajstić information content (AvgIpc) is 0. The first kappa shape index (κ1) is 79.7. The number of hydrogen-bond donors (Lipinski definition) is 0. The van der Waals surface area contributed by atoms with Gasteiger partial charge in [0, 0.05) is 0 Å². The largest absolute Gasteiger partial charge is 4.00 e. The molecule has 0 aromatic carbocycles. The van der Waals surface area contributed by atoms with Crippen LogP contribution in [-0.2, 0) is 77.5 Å². The normalized spacial score (nSPS) is 0. The van der Waals surface area contributed by atoms with Crippen LogP contribution >= 0.6 is 19.8 Å². The standard InChI is InChI=1S/3Hf.2N.2P/q3*+4;4*-3. The Morgan fingerprint density at radius 1 is 0.429 bits per heavy atom. The Bertz CT molecular complexity index is 10.9. The van der Waals surface area contributed by atoms with E-state index in [-0.39, 0.29) is 110 Å². The van der Waals surface area contributed by atoms with Crippen molar-refractivity contribution in [1.29, 1.82) is 0 Å². The summed E-state index contributed by atoms with van der Waals surface area (Å²) in [7, 11) is 0. The van der Waals surface area contributed by atoms with E-state index in [1.807, 2.05) is 0 Å². The van der Waals surface area contributed by atoms with Crippen molar-refractivity contribution in [3.8, 4) is 0 Å². The Balaban J connectivity index is 0. The molecule has 0 aromatic heterocycles. The topological polar surface area (TPSA) is 61.0 Å². The van der Waals surface area contributed by atoms with Gasteiger partial charge in [0.2, 0.25) is 0 Å². The van der Waals surface area contributed by atoms with Gasteiger partial charge in [0.15, 0.2) is 0 Å². The summed E-state index contributed by atoms with van der Waals surface area (Å²) < 4.78 is 0. The molecule has 0 bridgehead atoms. The SMILES string of the molecule is [Hf+4].[Hf+4].[Hf+4].[N-3].[N-3].[P-3].[P-3]. The van der Waals surface area contributed by atoms with Gasteiger partial charge in [-0.15, -0.1) is 0 Å². The fourth-order valence-corrected chi connectivity index (χ4v) is 0. The first-order valence-electron chi connectivity index (χ1n) is 0. The molecule has 32 valence electrons. The molecule has 0 radical (unpaired) electrons. The van der Waals surface area contributed by atoms with Gasteiger partial charge in [-0.2, -0.15) is 0 Å². The summed E-state index contributed by atoms with van der Waals surface area (Å²) in [4.78, 5) is 0. The minimum absolute atomic E-state index is 0. The van der Waals surface area contributed by atoms with Crippen LogP contribution in [0.4, 0.5) is 0 Å². The van der Waals surface area contributed by atoms with E-state index in [4.69, 9.17) is 0 Å². The molecule has 7 heavy (non-hydrogen) atoms. The molecule has 0 aromatic rings. The van der Waals surface area contributed by atoms with Crippen LogP contribution in [0.3, 0.4) is 0 Å². The van der Waals surface area contributed by atoms with Crippen molar-refractivity contribution < 1.29 is 77.5 Å². The fourth-order valence-electron chi connectivity index (χ4n) is 0. The minimum Gasteiger partial charge on any atom is -3.00 e. The molecule has 0 aliphatic carbocycles. The second-order valence-electron chi connectivity index (χ2n) is 0. The molecule has 0 rings (SSSR count). The molecule has 7 heteroatoms. The van der Waals surface area contributed by atoms with Crippen LogP contribution in [0.1, 0.15) is 0 Å². The summed E-state index contributed by atoms with van der Waals surface area (Å²) in [6.07, 6.45) is 0. The molecular weight excluding hydrogens is 625 g/mol. The van der Waals surface area contributed by atoms with Crippen molar-refractivity contribution >= 4 is 19.8 Å². The average molecular weight is 625 g/mol. The van der Waals surface area contributed by atoms with Crippen LogP contribution in [-0.4, -0.2) is 0 Å². The van der Waals surface area contributed by atoms with Crippen molar-refractivity contribution in [3.05, 3.63) is 12.3 Å². The Labute approximate surface area is 108 Å². The Morgan fingerprint density at radius 3 is 0.429 bits per heavy atom. The molecule has 0 fully saturated rings. The minimum atomic E-state index is 0. The van der Waals surface area contributed by atoms with Crippen molar-refractivity contribution in [1.82, 2.24) is 0 Å². The van der Waals surface area contributed by atoms with Crippen LogP contribution in [0.5, 0.6) is 0 Å². The fraction of sp³-hybridized carbons (Fsp3) is 0. The zero-order valence-electron chi connectivity index (χ0n) is 3.29. The van der Waals surface area contributed by atoms with Gasteiger partial charge in [0.05, 0.1) is 0 Å². The van der Waals surface area contributed by atoms with E-state index in [0.29, 0.717) is 0 Å². The summed E-state index contributed by atoms with van der Waals surface area (Å²) in [5.41, 5.74) is 0. The second kappa shape index (κ2) is 57.5. The van der Waals surface area contributed by atoms with Gasteiger partial charge in [0.1, 0.15) is 0 Å². The van der Waals surface area contributed by atoms with Crippen molar-refractivity contribution in [2.75, 3.05) is 0 Å². The van der Waals surface area contributed by atoms with E-state index in [1.165, 1.54) is 0 Å². The van der Waals surface area contributed by atoms with Crippen molar-refractivity contribution in [3.63, 3.8) is 0 Å². The van der Waals surface area contributed by atoms with Crippen molar-refractivity contribution in [2.45, 2.75) is 0 Å². The summed E-state index contributed by atoms with van der Waals surface area (Å²) in [5, 5.41) is 0. The van der Waals surface area contributed by atoms with Crippen LogP contribution in [0.15, 0.2) is 0 Å². The van der Waals surface area contributed by atoms with Gasteiger partial charge in [-0.25, -0.2) is 0 Å². The smallest absolute Gasteiger partial charge is 3.00 e.